The van der Waals surface area contributed by atoms with Gasteiger partial charge in [-0.3, -0.25) is 4.99 Å². The molecule has 0 heterocycles. The molecule has 23 heavy (non-hydrogen) atoms. The van der Waals surface area contributed by atoms with Crippen molar-refractivity contribution in [1.82, 2.24) is 0 Å². The maximum absolute atomic E-state index is 14.3. The fraction of sp³-hybridized carbons (Fsp3) is 0.125. The van der Waals surface area contributed by atoms with Gasteiger partial charge in [0.05, 0.1) is 5.71 Å². The fourth-order valence-corrected chi connectivity index (χ4v) is 2.03. The molecule has 0 atom stereocenters. The number of ether oxygens (including phenoxy) is 1. The highest BCUT2D eigenvalue weighted by Crippen LogP contribution is 2.27. The molecule has 2 aromatic carbocycles. The van der Waals surface area contributed by atoms with Crippen LogP contribution in [0.25, 0.3) is 11.1 Å². The zero-order valence-electron chi connectivity index (χ0n) is 12.1. The Morgan fingerprint density at radius 2 is 1.83 bits per heavy atom. The summed E-state index contributed by atoms with van der Waals surface area (Å²) in [6, 6.07) is 6.67. The maximum Gasteiger partial charge on any atom is 0.404 e. The first-order valence-electron chi connectivity index (χ1n) is 6.55. The van der Waals surface area contributed by atoms with Crippen LogP contribution in [0.5, 0.6) is 0 Å². The van der Waals surface area contributed by atoms with Crippen molar-refractivity contribution in [1.29, 1.82) is 0 Å². The summed E-state index contributed by atoms with van der Waals surface area (Å²) >= 11 is 0. The minimum atomic E-state index is -0.981. The van der Waals surface area contributed by atoms with Gasteiger partial charge in [0.15, 0.2) is 0 Å². The molecular formula is C16H13F3N2O2. The number of nitrogens with zero attached hydrogens (tertiary/aromatic N) is 1. The summed E-state index contributed by atoms with van der Waals surface area (Å²) in [4.78, 5) is 14.5. The number of hydrogen-bond acceptors (Lipinski definition) is 3. The molecule has 0 saturated carbocycles. The van der Waals surface area contributed by atoms with Crippen molar-refractivity contribution in [2.24, 2.45) is 10.7 Å². The monoisotopic (exact) mass is 322 g/mol. The molecule has 7 heteroatoms. The number of primary amides is 1. The highest BCUT2D eigenvalue weighted by atomic mass is 19.1. The molecule has 0 aromatic heterocycles. The zero-order chi connectivity index (χ0) is 17.0. The second kappa shape index (κ2) is 6.95. The molecule has 120 valence electrons. The molecule has 0 aliphatic heterocycles. The van der Waals surface area contributed by atoms with Crippen LogP contribution >= 0.6 is 0 Å². The number of nitrogens with two attached hydrogens (primary N) is 1. The number of carbonyl (C=O) groups excluding carboxylic acids is 1. The number of benzene rings is 2. The SMILES string of the molecule is C/N=C(\COC(N)=O)c1ccc(-c2cc(F)ccc2F)c(F)c1. The standard InChI is InChI=1S/C16H13F3N2O2/c1-21-15(8-23-16(20)22)9-2-4-11(14(19)6-9)12-7-10(17)3-5-13(12)18/h2-7H,8H2,1H3,(H2,20,22)/b21-15+. The third kappa shape index (κ3) is 3.88. The summed E-state index contributed by atoms with van der Waals surface area (Å²) in [5.74, 6) is -2.16. The van der Waals surface area contributed by atoms with Crippen molar-refractivity contribution in [2.75, 3.05) is 13.7 Å². The highest BCUT2D eigenvalue weighted by Gasteiger charge is 2.14. The molecular weight excluding hydrogens is 309 g/mol. The quantitative estimate of drug-likeness (QED) is 0.878. The van der Waals surface area contributed by atoms with E-state index in [1.54, 1.807) is 0 Å². The van der Waals surface area contributed by atoms with E-state index in [1.807, 2.05) is 0 Å². The lowest BCUT2D eigenvalue weighted by atomic mass is 10.0. The first-order chi connectivity index (χ1) is 10.9. The van der Waals surface area contributed by atoms with Crippen LogP contribution in [0.1, 0.15) is 5.56 Å². The van der Waals surface area contributed by atoms with E-state index in [1.165, 1.54) is 19.2 Å². The Labute approximate surface area is 130 Å². The van der Waals surface area contributed by atoms with Gasteiger partial charge in [-0.1, -0.05) is 12.1 Å². The lowest BCUT2D eigenvalue weighted by Gasteiger charge is -2.10. The summed E-state index contributed by atoms with van der Waals surface area (Å²) in [5.41, 5.74) is 5.22. The Balaban J connectivity index is 2.37. The minimum Gasteiger partial charge on any atom is -0.443 e. The molecule has 0 fully saturated rings. The lowest BCUT2D eigenvalue weighted by molar-refractivity contribution is 0.173. The molecule has 4 nitrogen and oxygen atoms in total. The van der Waals surface area contributed by atoms with Gasteiger partial charge in [0.2, 0.25) is 0 Å². The van der Waals surface area contributed by atoms with Crippen molar-refractivity contribution in [3.63, 3.8) is 0 Å². The van der Waals surface area contributed by atoms with Gasteiger partial charge >= 0.3 is 6.09 Å². The largest absolute Gasteiger partial charge is 0.443 e. The smallest absolute Gasteiger partial charge is 0.404 e. The third-order valence-electron chi connectivity index (χ3n) is 3.14. The van der Waals surface area contributed by atoms with Gasteiger partial charge in [-0.05, 0) is 24.3 Å². The number of amides is 1. The Morgan fingerprint density at radius 1 is 1.09 bits per heavy atom. The normalized spacial score (nSPS) is 11.4. The first kappa shape index (κ1) is 16.5. The number of carbonyl (C=O) groups is 1. The van der Waals surface area contributed by atoms with Gasteiger partial charge in [0, 0.05) is 23.7 Å². The average Bonchev–Trinajstić information content (AvgIpc) is 2.50. The average molecular weight is 322 g/mol. The number of rotatable bonds is 4. The van der Waals surface area contributed by atoms with Crippen LogP contribution in [0.2, 0.25) is 0 Å². The van der Waals surface area contributed by atoms with Crippen LogP contribution in [0.3, 0.4) is 0 Å². The van der Waals surface area contributed by atoms with Crippen molar-refractivity contribution in [2.45, 2.75) is 0 Å². The molecule has 0 aliphatic rings. The van der Waals surface area contributed by atoms with Gasteiger partial charge in [0.25, 0.3) is 0 Å². The molecule has 0 radical (unpaired) electrons. The Morgan fingerprint density at radius 3 is 2.43 bits per heavy atom. The summed E-state index contributed by atoms with van der Waals surface area (Å²) in [5, 5.41) is 0. The summed E-state index contributed by atoms with van der Waals surface area (Å²) in [6.07, 6.45) is -0.981. The van der Waals surface area contributed by atoms with Crippen LogP contribution in [0.4, 0.5) is 18.0 Å². The molecule has 2 N–H and O–H groups in total. The second-order valence-corrected chi connectivity index (χ2v) is 4.60. The van der Waals surface area contributed by atoms with Crippen LogP contribution in [0, 0.1) is 17.5 Å². The predicted octanol–water partition coefficient (Wildman–Crippen LogP) is 3.29. The van der Waals surface area contributed by atoms with E-state index in [0.717, 1.165) is 24.3 Å². The van der Waals surface area contributed by atoms with Gasteiger partial charge in [-0.25, -0.2) is 18.0 Å². The van der Waals surface area contributed by atoms with E-state index in [2.05, 4.69) is 9.73 Å². The van der Waals surface area contributed by atoms with E-state index >= 15 is 0 Å². The van der Waals surface area contributed by atoms with E-state index < -0.39 is 23.5 Å². The molecule has 0 saturated heterocycles. The van der Waals surface area contributed by atoms with Crippen LogP contribution in [-0.2, 0) is 4.74 Å². The van der Waals surface area contributed by atoms with Gasteiger partial charge in [0.1, 0.15) is 24.1 Å². The second-order valence-electron chi connectivity index (χ2n) is 4.60. The molecule has 1 amide bonds. The van der Waals surface area contributed by atoms with E-state index in [0.29, 0.717) is 5.56 Å². The molecule has 2 aromatic rings. The minimum absolute atomic E-state index is 0.0861. The Kier molecular flexibility index (Phi) is 5.00. The molecule has 0 aliphatic carbocycles. The Hall–Kier alpha value is -2.83. The molecule has 0 spiro atoms. The van der Waals surface area contributed by atoms with Crippen LogP contribution < -0.4 is 5.73 Å². The van der Waals surface area contributed by atoms with Gasteiger partial charge in [-0.2, -0.15) is 0 Å². The topological polar surface area (TPSA) is 64.7 Å². The van der Waals surface area contributed by atoms with Crippen molar-refractivity contribution >= 4 is 11.8 Å². The van der Waals surface area contributed by atoms with E-state index in [4.69, 9.17) is 5.73 Å². The van der Waals surface area contributed by atoms with Gasteiger partial charge in [-0.15, -0.1) is 0 Å². The van der Waals surface area contributed by atoms with Crippen molar-refractivity contribution in [3.8, 4) is 11.1 Å². The van der Waals surface area contributed by atoms with Gasteiger partial charge < -0.3 is 10.5 Å². The zero-order valence-corrected chi connectivity index (χ0v) is 12.1. The van der Waals surface area contributed by atoms with Crippen molar-refractivity contribution < 1.29 is 22.7 Å². The van der Waals surface area contributed by atoms with E-state index in [9.17, 15) is 18.0 Å². The van der Waals surface area contributed by atoms with Crippen molar-refractivity contribution in [3.05, 3.63) is 59.4 Å². The van der Waals surface area contributed by atoms with Crippen LogP contribution in [0.15, 0.2) is 41.4 Å². The maximum atomic E-state index is 14.3. The summed E-state index contributed by atoms with van der Waals surface area (Å²) < 4.78 is 45.9. The van der Waals surface area contributed by atoms with E-state index in [-0.39, 0.29) is 23.4 Å². The predicted molar refractivity (Wildman–Crippen MR) is 79.7 cm³/mol. The van der Waals surface area contributed by atoms with Crippen LogP contribution in [-0.4, -0.2) is 25.5 Å². The highest BCUT2D eigenvalue weighted by molar-refractivity contribution is 6.02. The molecule has 0 unspecified atom stereocenters. The summed E-state index contributed by atoms with van der Waals surface area (Å²) in [6.45, 7) is -0.223. The number of hydrogen-bond donors (Lipinski definition) is 1. The third-order valence-corrected chi connectivity index (χ3v) is 3.14. The lowest BCUT2D eigenvalue weighted by Crippen LogP contribution is -2.19. The molecule has 2 rings (SSSR count). The fourth-order valence-electron chi connectivity index (χ4n) is 2.03. The molecule has 0 bridgehead atoms. The number of halogens is 3. The first-order valence-corrected chi connectivity index (χ1v) is 6.55. The summed E-state index contributed by atoms with van der Waals surface area (Å²) in [7, 11) is 1.44. The number of aliphatic imine (C=N–C) groups is 1. The Bertz CT molecular complexity index is 776.